The molecule has 0 radical (unpaired) electrons. The van der Waals surface area contributed by atoms with Crippen LogP contribution in [0.5, 0.6) is 0 Å². The van der Waals surface area contributed by atoms with Gasteiger partial charge in [0.05, 0.1) is 21.3 Å². The normalized spacial score (nSPS) is 11.0. The third-order valence-corrected chi connectivity index (χ3v) is 5.85. The number of hydrogen-bond donors (Lipinski definition) is 1. The molecule has 0 unspecified atom stereocenters. The van der Waals surface area contributed by atoms with E-state index >= 15 is 0 Å². The van der Waals surface area contributed by atoms with Gasteiger partial charge in [-0.1, -0.05) is 31.3 Å². The Morgan fingerprint density at radius 3 is 2.70 bits per heavy atom. The van der Waals surface area contributed by atoms with Crippen molar-refractivity contribution in [1.82, 2.24) is 9.78 Å². The number of carboxylic acid groups (broad SMARTS) is 1. The minimum atomic E-state index is -1.08. The molecule has 0 aliphatic carbocycles. The van der Waals surface area contributed by atoms with Crippen molar-refractivity contribution in [3.8, 4) is 0 Å². The van der Waals surface area contributed by atoms with Gasteiger partial charge in [-0.05, 0) is 57.7 Å². The summed E-state index contributed by atoms with van der Waals surface area (Å²) < 4.78 is 4.09. The molecular weight excluding hydrogens is 443 g/mol. The monoisotopic (exact) mass is 456 g/mol. The zero-order valence-corrected chi connectivity index (χ0v) is 16.0. The second-order valence-corrected chi connectivity index (χ2v) is 7.59. The van der Waals surface area contributed by atoms with Crippen molar-refractivity contribution in [3.63, 3.8) is 0 Å². The number of hydrogen-bond acceptors (Lipinski definition) is 4. The molecule has 0 saturated carbocycles. The predicted molar refractivity (Wildman–Crippen MR) is 103 cm³/mol. The zero-order chi connectivity index (χ0) is 16.6. The molecule has 0 aliphatic rings. The van der Waals surface area contributed by atoms with Crippen LogP contribution in [0.1, 0.15) is 28.5 Å². The van der Waals surface area contributed by atoms with Crippen LogP contribution in [0.15, 0.2) is 29.6 Å². The van der Waals surface area contributed by atoms with Gasteiger partial charge in [0, 0.05) is 3.57 Å². The molecule has 23 heavy (non-hydrogen) atoms. The second-order valence-electron chi connectivity index (χ2n) is 5.06. The number of benzene rings is 1. The van der Waals surface area contributed by atoms with Crippen molar-refractivity contribution in [2.24, 2.45) is 0 Å². The Balaban J connectivity index is 2.22. The fourth-order valence-electron chi connectivity index (χ4n) is 2.42. The van der Waals surface area contributed by atoms with Gasteiger partial charge in [0.25, 0.3) is 0 Å². The molecule has 0 aliphatic heterocycles. The lowest BCUT2D eigenvalue weighted by atomic mass is 10.2. The van der Waals surface area contributed by atoms with Crippen molar-refractivity contribution in [1.29, 1.82) is 0 Å². The summed E-state index contributed by atoms with van der Waals surface area (Å²) in [5.41, 5.74) is 3.12. The maximum Gasteiger partial charge on any atom is 0.357 e. The van der Waals surface area contributed by atoms with Gasteiger partial charge in [0.2, 0.25) is 0 Å². The van der Waals surface area contributed by atoms with Gasteiger partial charge in [0.15, 0.2) is 5.69 Å². The minimum absolute atomic E-state index is 0.0532. The number of carboxylic acids is 1. The van der Waals surface area contributed by atoms with Crippen LogP contribution < -0.4 is 0 Å². The highest BCUT2D eigenvalue weighted by atomic mass is 127. The topological polar surface area (TPSA) is 55.1 Å². The van der Waals surface area contributed by atoms with E-state index < -0.39 is 5.97 Å². The highest BCUT2D eigenvalue weighted by molar-refractivity contribution is 14.1. The molecule has 0 saturated heterocycles. The quantitative estimate of drug-likeness (QED) is 0.455. The van der Waals surface area contributed by atoms with Crippen LogP contribution in [0.25, 0.3) is 10.2 Å². The number of fused-ring (bicyclic) bond motifs is 1. The minimum Gasteiger partial charge on any atom is -0.476 e. The Morgan fingerprint density at radius 2 is 2.09 bits per heavy atom. The van der Waals surface area contributed by atoms with E-state index in [0.29, 0.717) is 11.1 Å². The van der Waals surface area contributed by atoms with Gasteiger partial charge in [-0.15, -0.1) is 11.3 Å². The number of aromatic nitrogens is 2. The first-order valence-corrected chi connectivity index (χ1v) is 9.37. The van der Waals surface area contributed by atoms with E-state index in [1.807, 2.05) is 29.6 Å². The summed E-state index contributed by atoms with van der Waals surface area (Å²) in [5.74, 6) is -1.08. The first kappa shape index (κ1) is 16.5. The molecule has 7 heteroatoms. The summed E-state index contributed by atoms with van der Waals surface area (Å²) in [7, 11) is 0. The standard InChI is InChI=1S/C16H13IN2O2S2/c1-2-10-8-23-15-13(10)19(18-12(14(15)22)16(20)21)7-9-3-5-11(17)6-4-9/h3-6,8H,2,7H2,1H3,(H,20,21). The summed E-state index contributed by atoms with van der Waals surface area (Å²) in [6, 6.07) is 8.12. The first-order valence-electron chi connectivity index (χ1n) is 7.00. The number of carbonyl (C=O) groups is 1. The van der Waals surface area contributed by atoms with E-state index in [4.69, 9.17) is 12.2 Å². The molecule has 1 N–H and O–H groups in total. The summed E-state index contributed by atoms with van der Waals surface area (Å²) >= 11 is 9.08. The molecule has 0 bridgehead atoms. The van der Waals surface area contributed by atoms with Crippen LogP contribution in [0, 0.1) is 8.08 Å². The van der Waals surface area contributed by atoms with Crippen LogP contribution in [-0.4, -0.2) is 20.9 Å². The van der Waals surface area contributed by atoms with E-state index in [9.17, 15) is 9.90 Å². The highest BCUT2D eigenvalue weighted by Crippen LogP contribution is 2.29. The van der Waals surface area contributed by atoms with Gasteiger partial charge in [0.1, 0.15) is 0 Å². The first-order chi connectivity index (χ1) is 11.0. The SMILES string of the molecule is CCc1csc2c(=S)c(C(=O)O)nn(Cc3ccc(I)cc3)c12. The average Bonchev–Trinajstić information content (AvgIpc) is 2.96. The fourth-order valence-corrected chi connectivity index (χ4v) is 4.24. The summed E-state index contributed by atoms with van der Waals surface area (Å²) in [6.07, 6.45) is 0.857. The van der Waals surface area contributed by atoms with E-state index in [1.54, 1.807) is 4.68 Å². The molecule has 118 valence electrons. The largest absolute Gasteiger partial charge is 0.476 e. The van der Waals surface area contributed by atoms with Gasteiger partial charge in [-0.25, -0.2) is 4.79 Å². The van der Waals surface area contributed by atoms with E-state index in [0.717, 1.165) is 31.3 Å². The van der Waals surface area contributed by atoms with Crippen LogP contribution in [-0.2, 0) is 13.0 Å². The Hall–Kier alpha value is -1.32. The molecule has 0 amide bonds. The van der Waals surface area contributed by atoms with Crippen molar-refractivity contribution in [2.45, 2.75) is 19.9 Å². The molecule has 3 rings (SSSR count). The lowest BCUT2D eigenvalue weighted by Gasteiger charge is -2.11. The number of aromatic carboxylic acids is 1. The number of halogens is 1. The maximum atomic E-state index is 11.5. The van der Waals surface area contributed by atoms with E-state index in [2.05, 4.69) is 34.6 Å². The molecule has 0 spiro atoms. The summed E-state index contributed by atoms with van der Waals surface area (Å²) in [6.45, 7) is 2.60. The van der Waals surface area contributed by atoms with Crippen molar-refractivity contribution in [3.05, 3.63) is 54.5 Å². The van der Waals surface area contributed by atoms with Crippen LogP contribution in [0.3, 0.4) is 0 Å². The van der Waals surface area contributed by atoms with E-state index in [1.165, 1.54) is 11.3 Å². The van der Waals surface area contributed by atoms with Gasteiger partial charge in [-0.2, -0.15) is 5.10 Å². The van der Waals surface area contributed by atoms with Crippen LogP contribution in [0.4, 0.5) is 0 Å². The Kier molecular flexibility index (Phi) is 4.79. The molecule has 0 atom stereocenters. The van der Waals surface area contributed by atoms with Crippen molar-refractivity contribution < 1.29 is 9.90 Å². The molecule has 1 aromatic carbocycles. The van der Waals surface area contributed by atoms with Gasteiger partial charge in [-0.3, -0.25) is 4.68 Å². The third kappa shape index (κ3) is 3.17. The maximum absolute atomic E-state index is 11.5. The summed E-state index contributed by atoms with van der Waals surface area (Å²) in [5, 5.41) is 15.7. The lowest BCUT2D eigenvalue weighted by molar-refractivity contribution is 0.0687. The Labute approximate surface area is 155 Å². The second kappa shape index (κ2) is 6.66. The van der Waals surface area contributed by atoms with Crippen LogP contribution in [0.2, 0.25) is 0 Å². The molecular formula is C16H13IN2O2S2. The smallest absolute Gasteiger partial charge is 0.357 e. The Bertz CT molecular complexity index is 945. The number of rotatable bonds is 4. The summed E-state index contributed by atoms with van der Waals surface area (Å²) in [4.78, 5) is 11.5. The zero-order valence-electron chi connectivity index (χ0n) is 12.2. The fraction of sp³-hybridized carbons (Fsp3) is 0.188. The molecule has 0 fully saturated rings. The molecule has 4 nitrogen and oxygen atoms in total. The van der Waals surface area contributed by atoms with E-state index in [-0.39, 0.29) is 5.69 Å². The predicted octanol–water partition coefficient (Wildman–Crippen LogP) is 4.74. The number of nitrogens with zero attached hydrogens (tertiary/aromatic N) is 2. The Morgan fingerprint density at radius 1 is 1.39 bits per heavy atom. The van der Waals surface area contributed by atoms with Gasteiger partial charge >= 0.3 is 5.97 Å². The number of aryl methyl sites for hydroxylation is 1. The average molecular weight is 456 g/mol. The molecule has 3 aromatic rings. The molecule has 2 heterocycles. The van der Waals surface area contributed by atoms with Crippen molar-refractivity contribution >= 4 is 62.3 Å². The third-order valence-electron chi connectivity index (χ3n) is 3.57. The van der Waals surface area contributed by atoms with Gasteiger partial charge < -0.3 is 5.11 Å². The lowest BCUT2D eigenvalue weighted by Crippen LogP contribution is -2.13. The number of thiophene rings is 1. The molecule has 2 aromatic heterocycles. The highest BCUT2D eigenvalue weighted by Gasteiger charge is 2.17. The van der Waals surface area contributed by atoms with Crippen LogP contribution >= 0.6 is 46.1 Å². The van der Waals surface area contributed by atoms with Crippen molar-refractivity contribution in [2.75, 3.05) is 0 Å².